The van der Waals surface area contributed by atoms with Crippen molar-refractivity contribution in [3.63, 3.8) is 0 Å². The van der Waals surface area contributed by atoms with Crippen molar-refractivity contribution in [3.8, 4) is 5.82 Å². The highest BCUT2D eigenvalue weighted by molar-refractivity contribution is 5.70. The maximum atomic E-state index is 14.2. The largest absolute Gasteiger partial charge is 0.393 e. The molecule has 1 atom stereocenters. The molecule has 1 fully saturated rings. The van der Waals surface area contributed by atoms with Crippen molar-refractivity contribution in [2.75, 3.05) is 23.7 Å². The number of hydrogen-bond acceptors (Lipinski definition) is 5. The zero-order valence-corrected chi connectivity index (χ0v) is 11.3. The zero-order chi connectivity index (χ0) is 14.2. The minimum absolute atomic E-state index is 0.298. The van der Waals surface area contributed by atoms with Crippen LogP contribution in [-0.2, 0) is 0 Å². The van der Waals surface area contributed by atoms with Crippen LogP contribution in [0, 0.1) is 0 Å². The van der Waals surface area contributed by atoms with Crippen molar-refractivity contribution in [2.45, 2.75) is 25.4 Å². The molecular weight excluding hydrogens is 259 g/mol. The molecule has 0 aromatic carbocycles. The molecule has 106 valence electrons. The van der Waals surface area contributed by atoms with E-state index >= 15 is 0 Å². The van der Waals surface area contributed by atoms with Crippen LogP contribution >= 0.6 is 0 Å². The number of halogens is 1. The van der Waals surface area contributed by atoms with Gasteiger partial charge in [0.15, 0.2) is 11.6 Å². The first-order chi connectivity index (χ1) is 9.57. The van der Waals surface area contributed by atoms with Crippen LogP contribution in [0.25, 0.3) is 5.82 Å². The average Bonchev–Trinajstić information content (AvgIpc) is 2.91. The highest BCUT2D eigenvalue weighted by Gasteiger charge is 2.32. The van der Waals surface area contributed by atoms with Crippen LogP contribution in [0.15, 0.2) is 24.8 Å². The van der Waals surface area contributed by atoms with Crippen molar-refractivity contribution in [2.24, 2.45) is 0 Å². The Kier molecular flexibility index (Phi) is 3.04. The van der Waals surface area contributed by atoms with E-state index < -0.39 is 5.67 Å². The van der Waals surface area contributed by atoms with Crippen LogP contribution in [0.1, 0.15) is 19.8 Å². The second-order valence-corrected chi connectivity index (χ2v) is 5.32. The van der Waals surface area contributed by atoms with Gasteiger partial charge in [0.05, 0.1) is 6.54 Å². The van der Waals surface area contributed by atoms with Gasteiger partial charge in [-0.3, -0.25) is 0 Å². The molecule has 1 aliphatic rings. The minimum Gasteiger partial charge on any atom is -0.393 e. The van der Waals surface area contributed by atoms with Gasteiger partial charge in [0.25, 0.3) is 0 Å². The molecule has 0 aliphatic carbocycles. The van der Waals surface area contributed by atoms with E-state index in [1.54, 1.807) is 30.1 Å². The number of aromatic nitrogens is 4. The summed E-state index contributed by atoms with van der Waals surface area (Å²) >= 11 is 0. The summed E-state index contributed by atoms with van der Waals surface area (Å²) in [5.41, 5.74) is 5.36. The van der Waals surface area contributed by atoms with E-state index in [0.717, 1.165) is 13.0 Å². The number of piperidine rings is 1. The zero-order valence-electron chi connectivity index (χ0n) is 11.3. The van der Waals surface area contributed by atoms with E-state index in [-0.39, 0.29) is 0 Å². The van der Waals surface area contributed by atoms with Gasteiger partial charge in [0, 0.05) is 18.9 Å². The molecule has 2 aromatic heterocycles. The minimum atomic E-state index is -1.21. The Morgan fingerprint density at radius 3 is 2.85 bits per heavy atom. The first-order valence-corrected chi connectivity index (χ1v) is 6.61. The van der Waals surface area contributed by atoms with Gasteiger partial charge in [-0.15, -0.1) is 0 Å². The number of rotatable bonds is 2. The molecule has 1 unspecified atom stereocenters. The van der Waals surface area contributed by atoms with Crippen LogP contribution in [-0.4, -0.2) is 38.5 Å². The predicted molar refractivity (Wildman–Crippen MR) is 74.5 cm³/mol. The summed E-state index contributed by atoms with van der Waals surface area (Å²) in [5.74, 6) is 1.10. The second-order valence-electron chi connectivity index (χ2n) is 5.32. The highest BCUT2D eigenvalue weighted by atomic mass is 19.1. The van der Waals surface area contributed by atoms with Crippen molar-refractivity contribution in [3.05, 3.63) is 24.8 Å². The van der Waals surface area contributed by atoms with Gasteiger partial charge in [-0.2, -0.15) is 5.10 Å². The van der Waals surface area contributed by atoms with E-state index in [0.29, 0.717) is 30.3 Å². The molecule has 1 saturated heterocycles. The van der Waals surface area contributed by atoms with Crippen LogP contribution in [0.5, 0.6) is 0 Å². The third-order valence-corrected chi connectivity index (χ3v) is 3.51. The van der Waals surface area contributed by atoms with Crippen LogP contribution in [0.4, 0.5) is 15.9 Å². The topological polar surface area (TPSA) is 72.9 Å². The Labute approximate surface area is 116 Å². The average molecular weight is 276 g/mol. The maximum absolute atomic E-state index is 14.2. The smallest absolute Gasteiger partial charge is 0.181 e. The third-order valence-electron chi connectivity index (χ3n) is 3.51. The lowest BCUT2D eigenvalue weighted by Gasteiger charge is -2.36. The molecule has 7 heteroatoms. The van der Waals surface area contributed by atoms with Gasteiger partial charge in [-0.25, -0.2) is 19.0 Å². The normalized spacial score (nSPS) is 23.0. The van der Waals surface area contributed by atoms with Gasteiger partial charge in [-0.1, -0.05) is 0 Å². The fourth-order valence-electron chi connectivity index (χ4n) is 2.58. The van der Waals surface area contributed by atoms with E-state index in [9.17, 15) is 4.39 Å². The number of hydrogen-bond donors (Lipinski definition) is 1. The summed E-state index contributed by atoms with van der Waals surface area (Å²) in [6.07, 6.45) is 6.21. The summed E-state index contributed by atoms with van der Waals surface area (Å²) < 4.78 is 15.8. The predicted octanol–water partition coefficient (Wildman–Crippen LogP) is 1.57. The quantitative estimate of drug-likeness (QED) is 0.901. The summed E-state index contributed by atoms with van der Waals surface area (Å²) in [4.78, 5) is 10.3. The van der Waals surface area contributed by atoms with Gasteiger partial charge in [0.2, 0.25) is 0 Å². The van der Waals surface area contributed by atoms with Crippen LogP contribution < -0.4 is 10.6 Å². The number of anilines is 2. The lowest BCUT2D eigenvalue weighted by molar-refractivity contribution is 0.160. The van der Waals surface area contributed by atoms with E-state index in [1.165, 1.54) is 6.33 Å². The van der Waals surface area contributed by atoms with E-state index in [4.69, 9.17) is 5.73 Å². The molecule has 0 saturated carbocycles. The molecule has 0 bridgehead atoms. The standard InChI is InChI=1S/C13H17FN6/c1-13(14)4-2-6-19(8-13)11-10(15)12(17-9-16-11)20-7-3-5-18-20/h3,5,7,9H,2,4,6,8,15H2,1H3. The number of nitrogens with two attached hydrogens (primary N) is 1. The number of nitrogens with zero attached hydrogens (tertiary/aromatic N) is 5. The fraction of sp³-hybridized carbons (Fsp3) is 0.462. The molecule has 6 nitrogen and oxygen atoms in total. The molecule has 3 heterocycles. The summed E-state index contributed by atoms with van der Waals surface area (Å²) in [7, 11) is 0. The van der Waals surface area contributed by atoms with Gasteiger partial charge in [-0.05, 0) is 25.8 Å². The monoisotopic (exact) mass is 276 g/mol. The van der Waals surface area contributed by atoms with Gasteiger partial charge >= 0.3 is 0 Å². The van der Waals surface area contributed by atoms with Gasteiger partial charge in [0.1, 0.15) is 17.7 Å². The molecule has 1 aliphatic heterocycles. The second kappa shape index (κ2) is 4.73. The van der Waals surface area contributed by atoms with Crippen molar-refractivity contribution < 1.29 is 4.39 Å². The molecule has 2 N–H and O–H groups in total. The Morgan fingerprint density at radius 1 is 1.35 bits per heavy atom. The van der Waals surface area contributed by atoms with Crippen molar-refractivity contribution in [1.29, 1.82) is 0 Å². The Bertz CT molecular complexity index is 595. The molecular formula is C13H17FN6. The maximum Gasteiger partial charge on any atom is 0.181 e. The highest BCUT2D eigenvalue weighted by Crippen LogP contribution is 2.31. The van der Waals surface area contributed by atoms with E-state index in [1.807, 2.05) is 4.90 Å². The van der Waals surface area contributed by atoms with Crippen LogP contribution in [0.2, 0.25) is 0 Å². The van der Waals surface area contributed by atoms with Crippen molar-refractivity contribution in [1.82, 2.24) is 19.7 Å². The Morgan fingerprint density at radius 2 is 2.15 bits per heavy atom. The number of alkyl halides is 1. The molecule has 3 rings (SSSR count). The fourth-order valence-corrected chi connectivity index (χ4v) is 2.58. The molecule has 0 amide bonds. The van der Waals surface area contributed by atoms with Gasteiger partial charge < -0.3 is 10.6 Å². The molecule has 0 spiro atoms. The first kappa shape index (κ1) is 12.8. The molecule has 0 radical (unpaired) electrons. The summed E-state index contributed by atoms with van der Waals surface area (Å²) in [5, 5.41) is 4.12. The SMILES string of the molecule is CC1(F)CCCN(c2ncnc(-n3cccn3)c2N)C1. The Balaban J connectivity index is 1.96. The molecule has 20 heavy (non-hydrogen) atoms. The summed E-state index contributed by atoms with van der Waals surface area (Å²) in [6, 6.07) is 1.79. The number of nitrogen functional groups attached to an aromatic ring is 1. The lowest BCUT2D eigenvalue weighted by Crippen LogP contribution is -2.44. The Hall–Kier alpha value is -2.18. The third kappa shape index (κ3) is 2.31. The van der Waals surface area contributed by atoms with E-state index in [2.05, 4.69) is 15.1 Å². The van der Waals surface area contributed by atoms with Crippen LogP contribution in [0.3, 0.4) is 0 Å². The first-order valence-electron chi connectivity index (χ1n) is 6.61. The lowest BCUT2D eigenvalue weighted by atomic mass is 9.97. The molecule has 2 aromatic rings. The van der Waals surface area contributed by atoms with Crippen molar-refractivity contribution >= 4 is 11.5 Å². The summed E-state index contributed by atoms with van der Waals surface area (Å²) in [6.45, 7) is 2.66.